The second kappa shape index (κ2) is 9.94. The number of fused-ring (bicyclic) bond motifs is 1. The van der Waals surface area contributed by atoms with Crippen molar-refractivity contribution in [2.45, 2.75) is 50.2 Å². The molecule has 0 N–H and O–H groups in total. The van der Waals surface area contributed by atoms with E-state index >= 15 is 0 Å². The van der Waals surface area contributed by atoms with Crippen LogP contribution in [0.5, 0.6) is 0 Å². The van der Waals surface area contributed by atoms with E-state index in [9.17, 15) is 18.0 Å². The number of carbonyl (C=O) groups is 1. The molecule has 2 fully saturated rings. The Morgan fingerprint density at radius 1 is 0.914 bits per heavy atom. The Hall–Kier alpha value is -2.38. The number of nitrogens with zero attached hydrogens (tertiary/aromatic N) is 3. The number of piperazine rings is 1. The van der Waals surface area contributed by atoms with Crippen LogP contribution >= 0.6 is 0 Å². The minimum absolute atomic E-state index is 0.184. The summed E-state index contributed by atoms with van der Waals surface area (Å²) in [6.07, 6.45) is 1.08. The van der Waals surface area contributed by atoms with Gasteiger partial charge in [-0.3, -0.25) is 9.69 Å². The van der Waals surface area contributed by atoms with E-state index in [1.165, 1.54) is 41.7 Å². The number of alkyl halides is 3. The first-order valence-corrected chi connectivity index (χ1v) is 12.8. The van der Waals surface area contributed by atoms with Crippen LogP contribution in [-0.2, 0) is 12.6 Å². The third kappa shape index (κ3) is 5.26. The number of likely N-dealkylation sites (N-methyl/N-ethyl adjacent to an activating group) is 1. The number of carbonyl (C=O) groups excluding carboxylic acids is 1. The van der Waals surface area contributed by atoms with Crippen LogP contribution in [0.25, 0.3) is 0 Å². The first-order chi connectivity index (χ1) is 16.8. The number of hydrogen-bond donors (Lipinski definition) is 0. The maximum Gasteiger partial charge on any atom is 0.416 e. The van der Waals surface area contributed by atoms with Crippen molar-refractivity contribution in [3.05, 3.63) is 70.3 Å². The van der Waals surface area contributed by atoms with E-state index < -0.39 is 11.7 Å². The summed E-state index contributed by atoms with van der Waals surface area (Å²) in [7, 11) is 2.19. The van der Waals surface area contributed by atoms with E-state index in [1.807, 2.05) is 4.90 Å². The molecular formula is C28H34F3N3O. The summed E-state index contributed by atoms with van der Waals surface area (Å²) in [6.45, 7) is 5.67. The summed E-state index contributed by atoms with van der Waals surface area (Å²) in [5.41, 5.74) is 3.80. The van der Waals surface area contributed by atoms with Gasteiger partial charge >= 0.3 is 6.18 Å². The number of halogens is 3. The maximum atomic E-state index is 13.1. The van der Waals surface area contributed by atoms with E-state index in [1.54, 1.807) is 0 Å². The zero-order valence-electron chi connectivity index (χ0n) is 20.4. The highest BCUT2D eigenvalue weighted by atomic mass is 19.4. The van der Waals surface area contributed by atoms with Gasteiger partial charge in [0.1, 0.15) is 0 Å². The van der Waals surface area contributed by atoms with E-state index in [4.69, 9.17) is 0 Å². The number of aryl methyl sites for hydroxylation is 1. The molecule has 35 heavy (non-hydrogen) atoms. The van der Waals surface area contributed by atoms with Crippen LogP contribution in [0.3, 0.4) is 0 Å². The second-order valence-electron chi connectivity index (χ2n) is 10.4. The normalized spacial score (nSPS) is 24.3. The maximum absolute atomic E-state index is 13.1. The van der Waals surface area contributed by atoms with Crippen LogP contribution < -0.4 is 0 Å². The molecule has 2 saturated heterocycles. The Bertz CT molecular complexity index is 1040. The van der Waals surface area contributed by atoms with E-state index in [0.29, 0.717) is 24.7 Å². The Labute approximate surface area is 205 Å². The molecule has 2 aromatic rings. The third-order valence-electron chi connectivity index (χ3n) is 8.07. The van der Waals surface area contributed by atoms with Crippen molar-refractivity contribution in [3.63, 3.8) is 0 Å². The topological polar surface area (TPSA) is 26.8 Å². The smallest absolute Gasteiger partial charge is 0.338 e. The van der Waals surface area contributed by atoms with Crippen LogP contribution in [0.15, 0.2) is 42.5 Å². The predicted octanol–water partition coefficient (Wildman–Crippen LogP) is 5.35. The van der Waals surface area contributed by atoms with Crippen LogP contribution in [0, 0.1) is 0 Å². The minimum atomic E-state index is -4.40. The lowest BCUT2D eigenvalue weighted by Gasteiger charge is -2.41. The molecule has 0 spiro atoms. The zero-order valence-corrected chi connectivity index (χ0v) is 20.4. The standard InChI is InChI=1S/C28H34F3N3O/c1-32-14-16-33(17-15-32)26-6-2-4-20-7-8-22(18-25(20)26)23-5-3-13-34(19-23)27(35)21-9-11-24(12-10-21)28(29,30)31/h7-12,18,23,26H,2-6,13-17,19H2,1H3. The highest BCUT2D eigenvalue weighted by Gasteiger charge is 2.32. The fraction of sp³-hybridized carbons (Fsp3) is 0.536. The second-order valence-corrected chi connectivity index (χ2v) is 10.4. The Morgan fingerprint density at radius 3 is 2.37 bits per heavy atom. The molecule has 1 aliphatic carbocycles. The van der Waals surface area contributed by atoms with Gasteiger partial charge in [0.25, 0.3) is 5.91 Å². The van der Waals surface area contributed by atoms with Gasteiger partial charge < -0.3 is 9.80 Å². The molecule has 0 bridgehead atoms. The summed E-state index contributed by atoms with van der Waals surface area (Å²) in [5.74, 6) is 0.0687. The molecule has 2 heterocycles. The van der Waals surface area contributed by atoms with Gasteiger partial charge in [-0.25, -0.2) is 0 Å². The first kappa shape index (κ1) is 24.3. The number of hydrogen-bond acceptors (Lipinski definition) is 3. The van der Waals surface area contributed by atoms with Crippen molar-refractivity contribution in [2.75, 3.05) is 46.3 Å². The fourth-order valence-electron chi connectivity index (χ4n) is 5.98. The average molecular weight is 486 g/mol. The molecule has 3 aliphatic rings. The largest absolute Gasteiger partial charge is 0.416 e. The molecule has 2 unspecified atom stereocenters. The molecule has 2 aromatic carbocycles. The number of rotatable bonds is 3. The highest BCUT2D eigenvalue weighted by molar-refractivity contribution is 5.94. The third-order valence-corrected chi connectivity index (χ3v) is 8.07. The van der Waals surface area contributed by atoms with Crippen molar-refractivity contribution in [1.29, 1.82) is 0 Å². The first-order valence-electron chi connectivity index (χ1n) is 12.8. The van der Waals surface area contributed by atoms with Gasteiger partial charge in [0.05, 0.1) is 5.56 Å². The molecule has 0 aromatic heterocycles. The Morgan fingerprint density at radius 2 is 1.66 bits per heavy atom. The lowest BCUT2D eigenvalue weighted by atomic mass is 9.82. The molecule has 2 aliphatic heterocycles. The quantitative estimate of drug-likeness (QED) is 0.587. The van der Waals surface area contributed by atoms with Crippen molar-refractivity contribution >= 4 is 5.91 Å². The molecule has 4 nitrogen and oxygen atoms in total. The van der Waals surface area contributed by atoms with E-state index in [2.05, 4.69) is 35.0 Å². The average Bonchev–Trinajstić information content (AvgIpc) is 2.88. The number of benzene rings is 2. The number of likely N-dealkylation sites (tertiary alicyclic amines) is 1. The van der Waals surface area contributed by atoms with Gasteiger partial charge in [0.2, 0.25) is 0 Å². The van der Waals surface area contributed by atoms with Crippen LogP contribution in [-0.4, -0.2) is 66.9 Å². The van der Waals surface area contributed by atoms with Gasteiger partial charge in [-0.05, 0) is 80.1 Å². The molecular weight excluding hydrogens is 451 g/mol. The Kier molecular flexibility index (Phi) is 6.91. The molecule has 5 rings (SSSR count). The highest BCUT2D eigenvalue weighted by Crippen LogP contribution is 2.38. The SMILES string of the molecule is CN1CCN(C2CCCc3ccc(C4CCCN(C(=O)c5ccc(C(F)(F)F)cc5)C4)cc32)CC1. The number of piperidine rings is 1. The Balaban J connectivity index is 1.31. The van der Waals surface area contributed by atoms with Gasteiger partial charge in [0, 0.05) is 56.8 Å². The van der Waals surface area contributed by atoms with Gasteiger partial charge in [0.15, 0.2) is 0 Å². The molecule has 1 amide bonds. The lowest BCUT2D eigenvalue weighted by Crippen LogP contribution is -2.46. The van der Waals surface area contributed by atoms with Gasteiger partial charge in [-0.15, -0.1) is 0 Å². The van der Waals surface area contributed by atoms with Crippen molar-refractivity contribution in [1.82, 2.24) is 14.7 Å². The zero-order chi connectivity index (χ0) is 24.6. The van der Waals surface area contributed by atoms with Crippen LogP contribution in [0.2, 0.25) is 0 Å². The van der Waals surface area contributed by atoms with E-state index in [0.717, 1.165) is 57.6 Å². The molecule has 0 saturated carbocycles. The molecule has 7 heteroatoms. The van der Waals surface area contributed by atoms with Crippen molar-refractivity contribution < 1.29 is 18.0 Å². The summed E-state index contributed by atoms with van der Waals surface area (Å²) in [6, 6.07) is 12.0. The van der Waals surface area contributed by atoms with Crippen molar-refractivity contribution in [2.24, 2.45) is 0 Å². The summed E-state index contributed by atoms with van der Waals surface area (Å²) in [4.78, 5) is 19.9. The monoisotopic (exact) mass is 485 g/mol. The molecule has 0 radical (unpaired) electrons. The lowest BCUT2D eigenvalue weighted by molar-refractivity contribution is -0.137. The summed E-state index contributed by atoms with van der Waals surface area (Å²) < 4.78 is 38.7. The van der Waals surface area contributed by atoms with Crippen molar-refractivity contribution in [3.8, 4) is 0 Å². The fourth-order valence-corrected chi connectivity index (χ4v) is 5.98. The summed E-state index contributed by atoms with van der Waals surface area (Å²) >= 11 is 0. The number of amides is 1. The minimum Gasteiger partial charge on any atom is -0.338 e. The molecule has 188 valence electrons. The van der Waals surface area contributed by atoms with E-state index in [-0.39, 0.29) is 11.8 Å². The van der Waals surface area contributed by atoms with Gasteiger partial charge in [-0.1, -0.05) is 18.2 Å². The van der Waals surface area contributed by atoms with Crippen LogP contribution in [0.1, 0.15) is 70.3 Å². The van der Waals surface area contributed by atoms with Gasteiger partial charge in [-0.2, -0.15) is 13.2 Å². The predicted molar refractivity (Wildman–Crippen MR) is 131 cm³/mol. The summed E-state index contributed by atoms with van der Waals surface area (Å²) in [5, 5.41) is 0. The molecule has 2 atom stereocenters. The van der Waals surface area contributed by atoms with Crippen LogP contribution in [0.4, 0.5) is 13.2 Å².